The Labute approximate surface area is 126 Å². The highest BCUT2D eigenvalue weighted by Gasteiger charge is 2.38. The zero-order valence-corrected chi connectivity index (χ0v) is 13.1. The first-order valence-electron chi connectivity index (χ1n) is 7.81. The highest BCUT2D eigenvalue weighted by molar-refractivity contribution is 5.80. The average Bonchev–Trinajstić information content (AvgIpc) is 2.30. The molecule has 1 aliphatic heterocycles. The Bertz CT molecular complexity index is 527. The number of amides is 1. The lowest BCUT2D eigenvalue weighted by Gasteiger charge is -2.41. The van der Waals surface area contributed by atoms with Crippen molar-refractivity contribution in [2.45, 2.75) is 51.5 Å². The number of hydrogen-bond acceptors (Lipinski definition) is 4. The third-order valence-electron chi connectivity index (χ3n) is 4.44. The van der Waals surface area contributed by atoms with Crippen molar-refractivity contribution in [1.29, 1.82) is 0 Å². The molecule has 5 heteroatoms. The molecule has 2 aliphatic rings. The number of nitrogens with one attached hydrogen (secondary N) is 1. The van der Waals surface area contributed by atoms with E-state index in [9.17, 15) is 4.79 Å². The van der Waals surface area contributed by atoms with Crippen molar-refractivity contribution in [1.82, 2.24) is 14.9 Å². The Morgan fingerprint density at radius 1 is 1.29 bits per heavy atom. The molecular weight excluding hydrogens is 264 g/mol. The van der Waals surface area contributed by atoms with Crippen LogP contribution >= 0.6 is 0 Å². The van der Waals surface area contributed by atoms with Crippen LogP contribution < -0.4 is 5.32 Å². The monoisotopic (exact) mass is 288 g/mol. The molecule has 2 fully saturated rings. The average molecular weight is 288 g/mol. The smallest absolute Gasteiger partial charge is 0.225 e. The maximum Gasteiger partial charge on any atom is 0.225 e. The van der Waals surface area contributed by atoms with Gasteiger partial charge in [0, 0.05) is 36.5 Å². The normalized spacial score (nSPS) is 25.0. The molecule has 1 saturated carbocycles. The van der Waals surface area contributed by atoms with Gasteiger partial charge in [-0.05, 0) is 19.3 Å². The second-order valence-electron chi connectivity index (χ2n) is 7.23. The maximum atomic E-state index is 12.1. The minimum Gasteiger partial charge on any atom is -0.367 e. The van der Waals surface area contributed by atoms with E-state index in [1.807, 2.05) is 11.0 Å². The Morgan fingerprint density at radius 2 is 2.00 bits per heavy atom. The molecule has 1 N–H and O–H groups in total. The predicted molar refractivity (Wildman–Crippen MR) is 82.1 cm³/mol. The lowest BCUT2D eigenvalue weighted by molar-refractivity contribution is -0.142. The van der Waals surface area contributed by atoms with Gasteiger partial charge in [-0.1, -0.05) is 20.8 Å². The first-order chi connectivity index (χ1) is 9.93. The van der Waals surface area contributed by atoms with Crippen LogP contribution in [-0.4, -0.2) is 39.9 Å². The number of hydrogen-bond donors (Lipinski definition) is 1. The van der Waals surface area contributed by atoms with E-state index in [2.05, 4.69) is 36.1 Å². The molecule has 2 heterocycles. The second kappa shape index (κ2) is 5.28. The number of nitrogens with zero attached hydrogens (tertiary/aromatic N) is 3. The highest BCUT2D eigenvalue weighted by Crippen LogP contribution is 2.33. The van der Waals surface area contributed by atoms with E-state index in [0.717, 1.165) is 43.9 Å². The number of aromatic nitrogens is 2. The van der Waals surface area contributed by atoms with Crippen molar-refractivity contribution in [2.75, 3.05) is 18.4 Å². The summed E-state index contributed by atoms with van der Waals surface area (Å²) >= 11 is 0. The van der Waals surface area contributed by atoms with Crippen LogP contribution in [0.4, 0.5) is 5.82 Å². The molecule has 1 saturated heterocycles. The zero-order chi connectivity index (χ0) is 15.0. The first-order valence-corrected chi connectivity index (χ1v) is 7.81. The topological polar surface area (TPSA) is 58.1 Å². The SMILES string of the molecule is CC(C)(C)c1cc(NC2CC(C(=O)N3CCC3)C2)ncn1. The van der Waals surface area contributed by atoms with Crippen molar-refractivity contribution >= 4 is 11.7 Å². The van der Waals surface area contributed by atoms with Gasteiger partial charge in [0.1, 0.15) is 12.1 Å². The van der Waals surface area contributed by atoms with Crippen molar-refractivity contribution in [3.63, 3.8) is 0 Å². The van der Waals surface area contributed by atoms with Crippen LogP contribution in [0.5, 0.6) is 0 Å². The van der Waals surface area contributed by atoms with Crippen LogP contribution in [0.3, 0.4) is 0 Å². The third-order valence-corrected chi connectivity index (χ3v) is 4.44. The lowest BCUT2D eigenvalue weighted by Crippen LogP contribution is -2.50. The highest BCUT2D eigenvalue weighted by atomic mass is 16.2. The molecule has 0 aromatic carbocycles. The Balaban J connectivity index is 1.53. The minimum atomic E-state index is 0.0228. The van der Waals surface area contributed by atoms with Gasteiger partial charge in [-0.15, -0.1) is 0 Å². The van der Waals surface area contributed by atoms with E-state index in [1.54, 1.807) is 6.33 Å². The summed E-state index contributed by atoms with van der Waals surface area (Å²) in [6, 6.07) is 2.38. The van der Waals surface area contributed by atoms with Crippen LogP contribution in [0.25, 0.3) is 0 Å². The predicted octanol–water partition coefficient (Wildman–Crippen LogP) is 2.20. The molecular formula is C16H24N4O. The van der Waals surface area contributed by atoms with E-state index in [0.29, 0.717) is 11.9 Å². The molecule has 21 heavy (non-hydrogen) atoms. The van der Waals surface area contributed by atoms with Crippen molar-refractivity contribution in [3.8, 4) is 0 Å². The summed E-state index contributed by atoms with van der Waals surface area (Å²) in [5.74, 6) is 1.43. The molecule has 0 spiro atoms. The van der Waals surface area contributed by atoms with Gasteiger partial charge in [0.2, 0.25) is 5.91 Å². The molecule has 0 unspecified atom stereocenters. The third kappa shape index (κ3) is 3.01. The summed E-state index contributed by atoms with van der Waals surface area (Å²) in [5.41, 5.74) is 1.06. The van der Waals surface area contributed by atoms with Crippen LogP contribution in [-0.2, 0) is 10.2 Å². The van der Waals surface area contributed by atoms with Gasteiger partial charge >= 0.3 is 0 Å². The molecule has 114 valence electrons. The summed E-state index contributed by atoms with van der Waals surface area (Å²) in [7, 11) is 0. The summed E-state index contributed by atoms with van der Waals surface area (Å²) in [6.45, 7) is 8.33. The van der Waals surface area contributed by atoms with E-state index in [1.165, 1.54) is 0 Å². The van der Waals surface area contributed by atoms with Gasteiger partial charge in [0.25, 0.3) is 0 Å². The van der Waals surface area contributed by atoms with E-state index in [-0.39, 0.29) is 11.3 Å². The number of carbonyl (C=O) groups is 1. The Morgan fingerprint density at radius 3 is 2.57 bits per heavy atom. The van der Waals surface area contributed by atoms with E-state index >= 15 is 0 Å². The van der Waals surface area contributed by atoms with Crippen LogP contribution in [0.2, 0.25) is 0 Å². The van der Waals surface area contributed by atoms with Crippen molar-refractivity contribution < 1.29 is 4.79 Å². The van der Waals surface area contributed by atoms with Crippen molar-refractivity contribution in [2.24, 2.45) is 5.92 Å². The number of likely N-dealkylation sites (tertiary alicyclic amines) is 1. The summed E-state index contributed by atoms with van der Waals surface area (Å²) in [5, 5.41) is 3.43. The lowest BCUT2D eigenvalue weighted by atomic mass is 9.79. The minimum absolute atomic E-state index is 0.0228. The first kappa shape index (κ1) is 14.3. The summed E-state index contributed by atoms with van der Waals surface area (Å²) < 4.78 is 0. The molecule has 1 aromatic heterocycles. The molecule has 0 atom stereocenters. The second-order valence-corrected chi connectivity index (χ2v) is 7.23. The molecule has 1 amide bonds. The van der Waals surface area contributed by atoms with Gasteiger partial charge in [-0.3, -0.25) is 4.79 Å². The van der Waals surface area contributed by atoms with E-state index in [4.69, 9.17) is 0 Å². The van der Waals surface area contributed by atoms with Gasteiger partial charge in [-0.2, -0.15) is 0 Å². The van der Waals surface area contributed by atoms with Gasteiger partial charge in [0.15, 0.2) is 0 Å². The number of carbonyl (C=O) groups excluding carboxylic acids is 1. The largest absolute Gasteiger partial charge is 0.367 e. The molecule has 0 bridgehead atoms. The van der Waals surface area contributed by atoms with E-state index < -0.39 is 0 Å². The Hall–Kier alpha value is -1.65. The van der Waals surface area contributed by atoms with Crippen LogP contribution in [0.1, 0.15) is 45.7 Å². The van der Waals surface area contributed by atoms with Gasteiger partial charge < -0.3 is 10.2 Å². The molecule has 1 aliphatic carbocycles. The van der Waals surface area contributed by atoms with Gasteiger partial charge in [-0.25, -0.2) is 9.97 Å². The van der Waals surface area contributed by atoms with Crippen molar-refractivity contribution in [3.05, 3.63) is 18.1 Å². The molecule has 5 nitrogen and oxygen atoms in total. The fraction of sp³-hybridized carbons (Fsp3) is 0.688. The van der Waals surface area contributed by atoms with Gasteiger partial charge in [0.05, 0.1) is 5.69 Å². The standard InChI is InChI=1S/C16H24N4O/c1-16(2,3)13-9-14(18-10-17-13)19-12-7-11(8-12)15(21)20-5-4-6-20/h9-12H,4-8H2,1-3H3,(H,17,18,19). The maximum absolute atomic E-state index is 12.1. The Kier molecular flexibility index (Phi) is 3.59. The molecule has 3 rings (SSSR count). The number of rotatable bonds is 3. The summed E-state index contributed by atoms with van der Waals surface area (Å²) in [4.78, 5) is 22.7. The van der Waals surface area contributed by atoms with Crippen LogP contribution in [0.15, 0.2) is 12.4 Å². The number of anilines is 1. The zero-order valence-electron chi connectivity index (χ0n) is 13.1. The summed E-state index contributed by atoms with van der Waals surface area (Å²) in [6.07, 6.45) is 4.62. The fourth-order valence-corrected chi connectivity index (χ4v) is 2.79. The van der Waals surface area contributed by atoms with Crippen LogP contribution in [0, 0.1) is 5.92 Å². The fourth-order valence-electron chi connectivity index (χ4n) is 2.79. The molecule has 1 aromatic rings. The molecule has 0 radical (unpaired) electrons. The quantitative estimate of drug-likeness (QED) is 0.926.